The van der Waals surface area contributed by atoms with E-state index < -0.39 is 0 Å². The fourth-order valence-electron chi connectivity index (χ4n) is 1.39. The Hall–Kier alpha value is -0.880. The third-order valence-electron chi connectivity index (χ3n) is 2.44. The van der Waals surface area contributed by atoms with Crippen molar-refractivity contribution >= 4 is 21.8 Å². The van der Waals surface area contributed by atoms with Crippen molar-refractivity contribution < 1.29 is 9.53 Å². The summed E-state index contributed by atoms with van der Waals surface area (Å²) in [5.74, 6) is 0.0483. The van der Waals surface area contributed by atoms with E-state index in [2.05, 4.69) is 26.3 Å². The molecule has 5 nitrogen and oxygen atoms in total. The minimum atomic E-state index is 0.0483. The molecule has 17 heavy (non-hydrogen) atoms. The van der Waals surface area contributed by atoms with E-state index in [9.17, 15) is 4.79 Å². The maximum absolute atomic E-state index is 11.5. The van der Waals surface area contributed by atoms with E-state index in [4.69, 9.17) is 4.74 Å². The number of amides is 1. The predicted molar refractivity (Wildman–Crippen MR) is 68.8 cm³/mol. The number of carbonyl (C=O) groups excluding carboxylic acids is 1. The van der Waals surface area contributed by atoms with Crippen molar-refractivity contribution in [2.45, 2.75) is 26.3 Å². The number of methoxy groups -OCH3 is 1. The number of nitrogens with one attached hydrogen (secondary N) is 1. The van der Waals surface area contributed by atoms with Gasteiger partial charge in [0.05, 0.1) is 10.7 Å². The van der Waals surface area contributed by atoms with Gasteiger partial charge >= 0.3 is 0 Å². The number of hydrogen-bond acceptors (Lipinski definition) is 3. The van der Waals surface area contributed by atoms with Crippen LogP contribution in [-0.4, -0.2) is 35.9 Å². The quantitative estimate of drug-likeness (QED) is 0.777. The van der Waals surface area contributed by atoms with E-state index in [1.54, 1.807) is 13.3 Å². The Morgan fingerprint density at radius 3 is 3.00 bits per heavy atom. The topological polar surface area (TPSA) is 56.1 Å². The van der Waals surface area contributed by atoms with Crippen LogP contribution in [0, 0.1) is 6.92 Å². The molecule has 6 heteroatoms. The summed E-state index contributed by atoms with van der Waals surface area (Å²) in [4.78, 5) is 11.5. The van der Waals surface area contributed by atoms with Gasteiger partial charge in [-0.15, -0.1) is 0 Å². The SMILES string of the molecule is COCCCNC(=O)CCn1ncc(Br)c1C. The third-order valence-corrected chi connectivity index (χ3v) is 3.22. The number of aromatic nitrogens is 2. The molecule has 0 spiro atoms. The zero-order valence-corrected chi connectivity index (χ0v) is 11.8. The summed E-state index contributed by atoms with van der Waals surface area (Å²) in [5.41, 5.74) is 1.04. The molecule has 0 aromatic carbocycles. The molecule has 0 saturated carbocycles. The van der Waals surface area contributed by atoms with Gasteiger partial charge in [0.15, 0.2) is 0 Å². The van der Waals surface area contributed by atoms with Gasteiger partial charge in [-0.3, -0.25) is 9.48 Å². The van der Waals surface area contributed by atoms with Crippen LogP contribution >= 0.6 is 15.9 Å². The largest absolute Gasteiger partial charge is 0.385 e. The molecule has 1 rings (SSSR count). The van der Waals surface area contributed by atoms with Gasteiger partial charge < -0.3 is 10.1 Å². The van der Waals surface area contributed by atoms with Crippen LogP contribution in [0.4, 0.5) is 0 Å². The molecular weight excluding hydrogens is 286 g/mol. The average molecular weight is 304 g/mol. The van der Waals surface area contributed by atoms with Crippen molar-refractivity contribution in [1.29, 1.82) is 0 Å². The molecule has 1 N–H and O–H groups in total. The Labute approximate surface area is 110 Å². The van der Waals surface area contributed by atoms with Crippen LogP contribution in [0.2, 0.25) is 0 Å². The number of nitrogens with zero attached hydrogens (tertiary/aromatic N) is 2. The van der Waals surface area contributed by atoms with Crippen molar-refractivity contribution in [3.8, 4) is 0 Å². The number of hydrogen-bond donors (Lipinski definition) is 1. The van der Waals surface area contributed by atoms with Gasteiger partial charge in [-0.25, -0.2) is 0 Å². The van der Waals surface area contributed by atoms with Crippen LogP contribution in [0.25, 0.3) is 0 Å². The lowest BCUT2D eigenvalue weighted by Gasteiger charge is -2.06. The number of rotatable bonds is 7. The molecule has 1 aromatic heterocycles. The molecule has 0 saturated heterocycles. The standard InChI is InChI=1S/C11H18BrN3O2/c1-9-10(12)8-14-15(9)6-4-11(16)13-5-3-7-17-2/h8H,3-7H2,1-2H3,(H,13,16). The van der Waals surface area contributed by atoms with Gasteiger partial charge in [0.25, 0.3) is 0 Å². The summed E-state index contributed by atoms with van der Waals surface area (Å²) in [6, 6.07) is 0. The maximum atomic E-state index is 11.5. The van der Waals surface area contributed by atoms with Gasteiger partial charge in [0.2, 0.25) is 5.91 Å². The van der Waals surface area contributed by atoms with E-state index in [1.165, 1.54) is 0 Å². The normalized spacial score (nSPS) is 10.5. The smallest absolute Gasteiger partial charge is 0.221 e. The maximum Gasteiger partial charge on any atom is 0.221 e. The average Bonchev–Trinajstić information content (AvgIpc) is 2.63. The molecule has 0 aliphatic carbocycles. The van der Waals surface area contributed by atoms with Gasteiger partial charge in [0, 0.05) is 38.9 Å². The number of halogens is 1. The van der Waals surface area contributed by atoms with Crippen molar-refractivity contribution in [2.75, 3.05) is 20.3 Å². The van der Waals surface area contributed by atoms with Crippen molar-refractivity contribution in [3.63, 3.8) is 0 Å². The molecule has 0 radical (unpaired) electrons. The Balaban J connectivity index is 2.22. The second kappa shape index (κ2) is 7.45. The number of carbonyl (C=O) groups is 1. The summed E-state index contributed by atoms with van der Waals surface area (Å²) in [6.45, 7) is 3.90. The Bertz CT molecular complexity index is 366. The van der Waals surface area contributed by atoms with Crippen molar-refractivity contribution in [2.24, 2.45) is 0 Å². The summed E-state index contributed by atoms with van der Waals surface area (Å²) >= 11 is 3.38. The fraction of sp³-hybridized carbons (Fsp3) is 0.636. The number of aryl methyl sites for hydroxylation is 1. The summed E-state index contributed by atoms with van der Waals surface area (Å²) < 4.78 is 7.69. The van der Waals surface area contributed by atoms with E-state index in [-0.39, 0.29) is 5.91 Å². The third kappa shape index (κ3) is 4.87. The second-order valence-electron chi connectivity index (χ2n) is 3.75. The molecule has 0 fully saturated rings. The van der Waals surface area contributed by atoms with Crippen LogP contribution in [0.3, 0.4) is 0 Å². The first-order valence-corrected chi connectivity index (χ1v) is 6.38. The van der Waals surface area contributed by atoms with Gasteiger partial charge in [-0.1, -0.05) is 0 Å². The lowest BCUT2D eigenvalue weighted by atomic mass is 10.3. The molecule has 1 heterocycles. The fourth-order valence-corrected chi connectivity index (χ4v) is 1.69. The predicted octanol–water partition coefficient (Wildman–Crippen LogP) is 1.50. The molecule has 0 bridgehead atoms. The van der Waals surface area contributed by atoms with E-state index in [1.807, 2.05) is 11.6 Å². The van der Waals surface area contributed by atoms with Crippen LogP contribution in [0.15, 0.2) is 10.7 Å². The van der Waals surface area contributed by atoms with Crippen LogP contribution in [0.1, 0.15) is 18.5 Å². The van der Waals surface area contributed by atoms with Crippen molar-refractivity contribution in [1.82, 2.24) is 15.1 Å². The molecule has 0 atom stereocenters. The molecule has 0 aliphatic heterocycles. The lowest BCUT2D eigenvalue weighted by molar-refractivity contribution is -0.121. The summed E-state index contributed by atoms with van der Waals surface area (Å²) in [7, 11) is 1.65. The van der Waals surface area contributed by atoms with Crippen LogP contribution in [0.5, 0.6) is 0 Å². The summed E-state index contributed by atoms with van der Waals surface area (Å²) in [6.07, 6.45) is 3.03. The highest BCUT2D eigenvalue weighted by molar-refractivity contribution is 9.10. The summed E-state index contributed by atoms with van der Waals surface area (Å²) in [5, 5.41) is 7.01. The molecule has 1 aromatic rings. The van der Waals surface area contributed by atoms with Gasteiger partial charge in [-0.2, -0.15) is 5.10 Å². The zero-order valence-electron chi connectivity index (χ0n) is 10.2. The minimum Gasteiger partial charge on any atom is -0.385 e. The highest BCUT2D eigenvalue weighted by Crippen LogP contribution is 2.14. The van der Waals surface area contributed by atoms with Crippen LogP contribution in [-0.2, 0) is 16.1 Å². The van der Waals surface area contributed by atoms with Crippen LogP contribution < -0.4 is 5.32 Å². The molecule has 96 valence electrons. The first-order chi connectivity index (χ1) is 8.15. The minimum absolute atomic E-state index is 0.0483. The van der Waals surface area contributed by atoms with Gasteiger partial charge in [0.1, 0.15) is 0 Å². The Kier molecular flexibility index (Phi) is 6.21. The molecule has 1 amide bonds. The Morgan fingerprint density at radius 2 is 2.41 bits per heavy atom. The highest BCUT2D eigenvalue weighted by atomic mass is 79.9. The zero-order chi connectivity index (χ0) is 12.7. The highest BCUT2D eigenvalue weighted by Gasteiger charge is 2.06. The molecular formula is C11H18BrN3O2. The molecule has 0 unspecified atom stereocenters. The van der Waals surface area contributed by atoms with E-state index in [0.717, 1.165) is 16.6 Å². The van der Waals surface area contributed by atoms with E-state index in [0.29, 0.717) is 26.1 Å². The number of ether oxygens (including phenoxy) is 1. The van der Waals surface area contributed by atoms with Gasteiger partial charge in [-0.05, 0) is 29.3 Å². The first kappa shape index (κ1) is 14.2. The van der Waals surface area contributed by atoms with Crippen molar-refractivity contribution in [3.05, 3.63) is 16.4 Å². The van der Waals surface area contributed by atoms with E-state index >= 15 is 0 Å². The second-order valence-corrected chi connectivity index (χ2v) is 4.60. The lowest BCUT2D eigenvalue weighted by Crippen LogP contribution is -2.26. The monoisotopic (exact) mass is 303 g/mol. The molecule has 0 aliphatic rings. The first-order valence-electron chi connectivity index (χ1n) is 5.58. The Morgan fingerprint density at radius 1 is 1.65 bits per heavy atom.